The van der Waals surface area contributed by atoms with E-state index in [4.69, 9.17) is 9.47 Å². The molecule has 0 aliphatic carbocycles. The predicted octanol–water partition coefficient (Wildman–Crippen LogP) is 9.87. The second-order valence-electron chi connectivity index (χ2n) is 13.3. The number of hydrogen-bond donors (Lipinski definition) is 0. The third-order valence-electron chi connectivity index (χ3n) is 9.98. The molecule has 2 saturated heterocycles. The van der Waals surface area contributed by atoms with Crippen LogP contribution in [0.1, 0.15) is 18.1 Å². The molecule has 0 bridgehead atoms. The van der Waals surface area contributed by atoms with Crippen molar-refractivity contribution >= 4 is 34.3 Å². The molecule has 2 heterocycles. The molecule has 0 N–H and O–H groups in total. The summed E-state index contributed by atoms with van der Waals surface area (Å²) in [5, 5.41) is 5.05. The molecule has 2 aliphatic heterocycles. The Morgan fingerprint density at radius 3 is 1.28 bits per heavy atom. The van der Waals surface area contributed by atoms with Crippen molar-refractivity contribution in [1.29, 1.82) is 0 Å². The van der Waals surface area contributed by atoms with E-state index in [1.807, 2.05) is 0 Å². The van der Waals surface area contributed by atoms with Crippen LogP contribution in [0, 0.1) is 8.74 Å². The van der Waals surface area contributed by atoms with Gasteiger partial charge in [0.1, 0.15) is 0 Å². The van der Waals surface area contributed by atoms with Gasteiger partial charge in [-0.25, -0.2) is 0 Å². The molecule has 0 amide bonds. The molecule has 5 heteroatoms. The average molecular weight is 1070 g/mol. The summed E-state index contributed by atoms with van der Waals surface area (Å²) in [6, 6.07) is 50.8. The van der Waals surface area contributed by atoms with E-state index in [0.717, 1.165) is 61.3 Å². The van der Waals surface area contributed by atoms with Gasteiger partial charge < -0.3 is 0 Å². The van der Waals surface area contributed by atoms with E-state index in [1.54, 1.807) is 35.9 Å². The van der Waals surface area contributed by atoms with Crippen LogP contribution in [-0.4, -0.2) is 26.4 Å². The normalized spacial score (nSPS) is 16.9. The molecule has 7 rings (SSSR count). The van der Waals surface area contributed by atoms with Crippen molar-refractivity contribution in [3.63, 3.8) is 0 Å². The predicted molar refractivity (Wildman–Crippen MR) is 220 cm³/mol. The molecule has 0 unspecified atom stereocenters. The first-order valence-electron chi connectivity index (χ1n) is 17.8. The van der Waals surface area contributed by atoms with Gasteiger partial charge >= 0.3 is 342 Å². The number of rotatable bonds is 9. The first kappa shape index (κ1) is 38.0. The third kappa shape index (κ3) is 7.78. The fourth-order valence-corrected chi connectivity index (χ4v) is 13.3. The molecule has 0 spiro atoms. The summed E-state index contributed by atoms with van der Waals surface area (Å²) in [6.07, 6.45) is 4.53. The van der Waals surface area contributed by atoms with Crippen LogP contribution in [0.5, 0.6) is 0 Å². The Labute approximate surface area is 339 Å². The van der Waals surface area contributed by atoms with E-state index in [9.17, 15) is 0 Å². The van der Waals surface area contributed by atoms with Crippen molar-refractivity contribution in [2.45, 2.75) is 6.92 Å². The maximum absolute atomic E-state index is 5.91. The van der Waals surface area contributed by atoms with Gasteiger partial charge in [0.2, 0.25) is 0 Å². The van der Waals surface area contributed by atoms with Crippen LogP contribution in [0.3, 0.4) is 0 Å². The molecule has 0 aromatic heterocycles. The van der Waals surface area contributed by atoms with Gasteiger partial charge in [-0.05, 0) is 0 Å². The fourth-order valence-electron chi connectivity index (χ4n) is 7.10. The van der Waals surface area contributed by atoms with Crippen molar-refractivity contribution in [2.75, 3.05) is 26.4 Å². The zero-order valence-electron chi connectivity index (χ0n) is 30.1. The van der Waals surface area contributed by atoms with Crippen LogP contribution >= 0.6 is 7.26 Å². The van der Waals surface area contributed by atoms with Gasteiger partial charge in [-0.15, -0.1) is 0 Å². The van der Waals surface area contributed by atoms with Crippen molar-refractivity contribution in [3.8, 4) is 19.9 Å². The second kappa shape index (κ2) is 17.5. The molecule has 2 nitrogen and oxygen atoms in total. The zero-order chi connectivity index (χ0) is 37.5. The molecule has 5 aromatic carbocycles. The Balaban J connectivity index is 1.39. The van der Waals surface area contributed by atoms with Gasteiger partial charge in [0.25, 0.3) is 0 Å². The summed E-state index contributed by atoms with van der Waals surface area (Å²) < 4.78 is 18.8. The molecule has 0 atom stereocenters. The summed E-state index contributed by atoms with van der Waals surface area (Å²) in [5.41, 5.74) is 12.3. The van der Waals surface area contributed by atoms with Crippen LogP contribution in [0.15, 0.2) is 198 Å². The van der Waals surface area contributed by atoms with E-state index >= 15 is 0 Å². The van der Waals surface area contributed by atoms with Gasteiger partial charge in [-0.3, -0.25) is 0 Å². The third-order valence-corrected chi connectivity index (χ3v) is 16.3. The second-order valence-corrected chi connectivity index (χ2v) is 18.0. The van der Waals surface area contributed by atoms with Crippen molar-refractivity contribution in [3.05, 3.63) is 209 Å². The van der Waals surface area contributed by atoms with Crippen molar-refractivity contribution < 1.29 is 45.4 Å². The summed E-state index contributed by atoms with van der Waals surface area (Å²) in [7, 11) is -2.44. The molecule has 5 aromatic rings. The van der Waals surface area contributed by atoms with Crippen molar-refractivity contribution in [2.24, 2.45) is 0 Å². The monoisotopic (exact) mass is 1080 g/mol. The molecule has 268 valence electrons. The van der Waals surface area contributed by atoms with Gasteiger partial charge in [0, 0.05) is 0 Å². The molecule has 2 aliphatic rings. The first-order valence-corrected chi connectivity index (χ1v) is 22.1. The maximum atomic E-state index is 5.91. The van der Waals surface area contributed by atoms with Crippen LogP contribution in [-0.2, 0) is 45.4 Å². The van der Waals surface area contributed by atoms with Crippen LogP contribution in [0.4, 0.5) is 0 Å². The van der Waals surface area contributed by atoms with E-state index in [2.05, 4.69) is 181 Å². The average Bonchev–Trinajstić information content (AvgIpc) is 3.84. The van der Waals surface area contributed by atoms with Gasteiger partial charge in [-0.1, -0.05) is 0 Å². The van der Waals surface area contributed by atoms with Crippen molar-refractivity contribution in [1.82, 2.24) is 0 Å². The molecular weight excluding hydrogens is 1030 g/mol. The Morgan fingerprint density at radius 2 is 0.926 bits per heavy atom. The van der Waals surface area contributed by atoms with Crippen LogP contribution in [0.25, 0.3) is 22.3 Å². The molecule has 54 heavy (non-hydrogen) atoms. The molecule has 2 fully saturated rings. The zero-order valence-corrected chi connectivity index (χ0v) is 36.1. The van der Waals surface area contributed by atoms with E-state index in [1.165, 1.54) is 21.2 Å². The summed E-state index contributed by atoms with van der Waals surface area (Å²) in [4.78, 5) is 0. The van der Waals surface area contributed by atoms with E-state index in [-0.39, 0.29) is 0 Å². The summed E-state index contributed by atoms with van der Waals surface area (Å²) >= 11 is 3.55. The number of allylic oxidation sites excluding steroid dienone is 6. The van der Waals surface area contributed by atoms with E-state index in [0.29, 0.717) is 26.4 Å². The standard InChI is InChI=1S/C49H40O2P.2Os/c1-35(2)48(29-43-33-50-31-36(43)3)41-25-21-39(22-26-41)40-23-27-42(28-24-40)49(30-44-34-51-32-37(44)4)38(5)52(45-15-9-6-10-16-45,46-17-11-7-12-18-46)47-19-13-8-14-20-47;;/h6-30H,3-4,31-34H2,1H3;;/q+1;;. The Morgan fingerprint density at radius 1 is 0.537 bits per heavy atom. The number of benzene rings is 5. The quantitative estimate of drug-likeness (QED) is 0.137. The number of ether oxygens (including phenoxy) is 2. The SMILES string of the molecule is C=C1COCC1=CC(=C(C)[C]#[Os])c1ccc(-c2ccc(C(C=C3COCC3=C)=C([C]#[Os])[P+](c3ccccc3)(c3ccccc3)c3ccccc3)cc2)cc1. The van der Waals surface area contributed by atoms with Gasteiger partial charge in [-0.2, -0.15) is 0 Å². The van der Waals surface area contributed by atoms with Gasteiger partial charge in [0.05, 0.1) is 0 Å². The molecular formula is C49H40O2Os2P+. The van der Waals surface area contributed by atoms with E-state index < -0.39 is 7.26 Å². The van der Waals surface area contributed by atoms with Gasteiger partial charge in [0.15, 0.2) is 0 Å². The Hall–Kier alpha value is -4.28. The molecule has 0 saturated carbocycles. The van der Waals surface area contributed by atoms with Crippen LogP contribution in [0.2, 0.25) is 0 Å². The fraction of sp³-hybridized carbons (Fsp3) is 0.102. The topological polar surface area (TPSA) is 18.5 Å². The minimum atomic E-state index is -2.44. The summed E-state index contributed by atoms with van der Waals surface area (Å²) in [5.74, 6) is 0. The molecule has 0 radical (unpaired) electrons. The number of hydrogen-bond acceptors (Lipinski definition) is 2. The summed E-state index contributed by atoms with van der Waals surface area (Å²) in [6.45, 7) is 13.0. The van der Waals surface area contributed by atoms with Crippen LogP contribution < -0.4 is 15.9 Å². The Kier molecular flexibility index (Phi) is 12.3. The first-order chi connectivity index (χ1) is 26.4. The minimum absolute atomic E-state index is 0.543. The Bertz CT molecular complexity index is 2310.